The molecule has 10 heteroatoms. The van der Waals surface area contributed by atoms with Crippen LogP contribution in [0.3, 0.4) is 0 Å². The average Bonchev–Trinajstić information content (AvgIpc) is 2.91. The molecule has 0 bridgehead atoms. The maximum atomic E-state index is 14.0. The van der Waals surface area contributed by atoms with E-state index in [0.717, 1.165) is 15.4 Å². The minimum absolute atomic E-state index is 0.0209. The number of benzene rings is 3. The van der Waals surface area contributed by atoms with Gasteiger partial charge in [0.05, 0.1) is 20.6 Å². The summed E-state index contributed by atoms with van der Waals surface area (Å²) in [6.45, 7) is 10.7. The van der Waals surface area contributed by atoms with Crippen LogP contribution in [0.15, 0.2) is 71.6 Å². The lowest BCUT2D eigenvalue weighted by molar-refractivity contribution is -0.139. The van der Waals surface area contributed by atoms with Crippen molar-refractivity contribution < 1.29 is 18.0 Å². The molecule has 1 N–H and O–H groups in total. The molecular weight excluding hydrogens is 581 g/mol. The molecule has 0 saturated carbocycles. The molecule has 0 radical (unpaired) electrons. The fraction of sp³-hybridized carbons (Fsp3) is 0.355. The van der Waals surface area contributed by atoms with Crippen LogP contribution >= 0.6 is 23.2 Å². The summed E-state index contributed by atoms with van der Waals surface area (Å²) < 4.78 is 29.0. The molecule has 0 aliphatic heterocycles. The van der Waals surface area contributed by atoms with E-state index < -0.39 is 28.5 Å². The van der Waals surface area contributed by atoms with Crippen molar-refractivity contribution in [3.8, 4) is 0 Å². The number of aryl methyl sites for hydroxylation is 1. The monoisotopic (exact) mass is 617 g/mol. The first-order valence-electron chi connectivity index (χ1n) is 13.4. The number of halogens is 2. The van der Waals surface area contributed by atoms with Crippen molar-refractivity contribution in [3.63, 3.8) is 0 Å². The highest BCUT2D eigenvalue weighted by molar-refractivity contribution is 7.92. The van der Waals surface area contributed by atoms with E-state index >= 15 is 0 Å². The van der Waals surface area contributed by atoms with Crippen molar-refractivity contribution in [2.75, 3.05) is 10.8 Å². The van der Waals surface area contributed by atoms with E-state index in [-0.39, 0.29) is 29.3 Å². The highest BCUT2D eigenvalue weighted by Gasteiger charge is 2.32. The van der Waals surface area contributed by atoms with Gasteiger partial charge >= 0.3 is 0 Å². The number of carbonyl (C=O) groups is 2. The Labute approximate surface area is 253 Å². The molecular formula is C31H37Cl2N3O4S. The van der Waals surface area contributed by atoms with E-state index in [2.05, 4.69) is 5.32 Å². The van der Waals surface area contributed by atoms with Crippen LogP contribution in [0.5, 0.6) is 0 Å². The summed E-state index contributed by atoms with van der Waals surface area (Å²) in [6.07, 6.45) is 0. The van der Waals surface area contributed by atoms with E-state index in [1.165, 1.54) is 17.0 Å². The van der Waals surface area contributed by atoms with Gasteiger partial charge in [-0.2, -0.15) is 0 Å². The van der Waals surface area contributed by atoms with Crippen LogP contribution in [0.25, 0.3) is 0 Å². The van der Waals surface area contributed by atoms with Gasteiger partial charge in [-0.05, 0) is 81.1 Å². The molecule has 0 aliphatic rings. The molecule has 0 aliphatic carbocycles. The number of anilines is 1. The maximum Gasteiger partial charge on any atom is 0.264 e. The van der Waals surface area contributed by atoms with Crippen LogP contribution in [0, 0.1) is 6.92 Å². The summed E-state index contributed by atoms with van der Waals surface area (Å²) in [6, 6.07) is 17.5. The zero-order chi connectivity index (χ0) is 30.5. The van der Waals surface area contributed by atoms with Crippen molar-refractivity contribution in [1.82, 2.24) is 10.2 Å². The van der Waals surface area contributed by atoms with Crippen LogP contribution in [-0.4, -0.2) is 43.8 Å². The second kappa shape index (κ2) is 13.7. The van der Waals surface area contributed by atoms with Gasteiger partial charge in [-0.25, -0.2) is 8.42 Å². The summed E-state index contributed by atoms with van der Waals surface area (Å²) in [5, 5.41) is 3.51. The van der Waals surface area contributed by atoms with Gasteiger partial charge in [-0.1, -0.05) is 72.9 Å². The van der Waals surface area contributed by atoms with Gasteiger partial charge in [0.1, 0.15) is 12.6 Å². The number of hydrogen-bond donors (Lipinski definition) is 1. The summed E-state index contributed by atoms with van der Waals surface area (Å²) in [5.74, 6) is -0.663. The smallest absolute Gasteiger partial charge is 0.264 e. The summed E-state index contributed by atoms with van der Waals surface area (Å²) >= 11 is 12.3. The van der Waals surface area contributed by atoms with Crippen molar-refractivity contribution in [1.29, 1.82) is 0 Å². The Bertz CT molecular complexity index is 1470. The lowest BCUT2D eigenvalue weighted by Gasteiger charge is -2.32. The van der Waals surface area contributed by atoms with Gasteiger partial charge in [-0.15, -0.1) is 0 Å². The number of rotatable bonds is 11. The average molecular weight is 619 g/mol. The molecule has 0 heterocycles. The Morgan fingerprint density at radius 2 is 1.46 bits per heavy atom. The van der Waals surface area contributed by atoms with E-state index in [1.807, 2.05) is 46.8 Å². The number of hydrogen-bond acceptors (Lipinski definition) is 4. The first-order valence-corrected chi connectivity index (χ1v) is 15.6. The topological polar surface area (TPSA) is 86.8 Å². The van der Waals surface area contributed by atoms with E-state index in [1.54, 1.807) is 49.4 Å². The lowest BCUT2D eigenvalue weighted by atomic mass is 10.0. The molecule has 3 aromatic rings. The van der Waals surface area contributed by atoms with Gasteiger partial charge in [-0.3, -0.25) is 13.9 Å². The highest BCUT2D eigenvalue weighted by atomic mass is 35.5. The Kier molecular flexibility index (Phi) is 10.9. The summed E-state index contributed by atoms with van der Waals surface area (Å²) in [4.78, 5) is 28.5. The van der Waals surface area contributed by atoms with E-state index in [4.69, 9.17) is 23.2 Å². The molecule has 3 rings (SSSR count). The standard InChI is InChI=1S/C31H37Cl2N3O4S/c1-20(2)25-10-12-26(13-11-25)36(41(39,40)27-14-7-22(5)8-15-27)19-30(37)35(23(6)31(38)34-21(3)4)18-24-9-16-28(32)29(33)17-24/h7-17,20-21,23H,18-19H2,1-6H3,(H,34,38). The fourth-order valence-corrected chi connectivity index (χ4v) is 5.95. The zero-order valence-corrected chi connectivity index (χ0v) is 26.5. The van der Waals surface area contributed by atoms with E-state index in [0.29, 0.717) is 21.3 Å². The summed E-state index contributed by atoms with van der Waals surface area (Å²) in [7, 11) is -4.14. The second-order valence-electron chi connectivity index (χ2n) is 10.7. The van der Waals surface area contributed by atoms with Crippen LogP contribution in [0.1, 0.15) is 57.2 Å². The van der Waals surface area contributed by atoms with Gasteiger partial charge in [0.25, 0.3) is 10.0 Å². The maximum absolute atomic E-state index is 14.0. The largest absolute Gasteiger partial charge is 0.352 e. The highest BCUT2D eigenvalue weighted by Crippen LogP contribution is 2.28. The Morgan fingerprint density at radius 1 is 0.854 bits per heavy atom. The molecule has 0 aromatic heterocycles. The number of nitrogens with one attached hydrogen (secondary N) is 1. The molecule has 1 atom stereocenters. The SMILES string of the molecule is Cc1ccc(S(=O)(=O)N(CC(=O)N(Cc2ccc(Cl)c(Cl)c2)C(C)C(=O)NC(C)C)c2ccc(C(C)C)cc2)cc1. The van der Waals surface area contributed by atoms with Crippen LogP contribution in [0.4, 0.5) is 5.69 Å². The molecule has 220 valence electrons. The molecule has 3 aromatic carbocycles. The molecule has 2 amide bonds. The molecule has 0 spiro atoms. The Balaban J connectivity index is 2.06. The van der Waals surface area contributed by atoms with Gasteiger partial charge < -0.3 is 10.2 Å². The fourth-order valence-electron chi connectivity index (χ4n) is 4.21. The quantitative estimate of drug-likeness (QED) is 0.264. The third-order valence-corrected chi connectivity index (χ3v) is 9.20. The summed E-state index contributed by atoms with van der Waals surface area (Å²) in [5.41, 5.74) is 2.93. The number of nitrogens with zero attached hydrogens (tertiary/aromatic N) is 2. The number of amides is 2. The minimum Gasteiger partial charge on any atom is -0.352 e. The van der Waals surface area contributed by atoms with Crippen molar-refractivity contribution in [2.45, 2.75) is 71.0 Å². The van der Waals surface area contributed by atoms with Gasteiger partial charge in [0.2, 0.25) is 11.8 Å². The molecule has 7 nitrogen and oxygen atoms in total. The third-order valence-electron chi connectivity index (χ3n) is 6.67. The van der Waals surface area contributed by atoms with Gasteiger partial charge in [0, 0.05) is 12.6 Å². The van der Waals surface area contributed by atoms with Crippen LogP contribution in [0.2, 0.25) is 10.0 Å². The Hall–Kier alpha value is -3.07. The van der Waals surface area contributed by atoms with Crippen molar-refractivity contribution in [2.24, 2.45) is 0 Å². The van der Waals surface area contributed by atoms with Gasteiger partial charge in [0.15, 0.2) is 0 Å². The third kappa shape index (κ3) is 8.24. The first-order chi connectivity index (χ1) is 19.2. The molecule has 1 unspecified atom stereocenters. The predicted molar refractivity (Wildman–Crippen MR) is 166 cm³/mol. The van der Waals surface area contributed by atoms with E-state index in [9.17, 15) is 18.0 Å². The normalized spacial score (nSPS) is 12.3. The molecule has 41 heavy (non-hydrogen) atoms. The minimum atomic E-state index is -4.14. The van der Waals surface area contributed by atoms with Crippen LogP contribution in [-0.2, 0) is 26.2 Å². The predicted octanol–water partition coefficient (Wildman–Crippen LogP) is 6.56. The van der Waals surface area contributed by atoms with Crippen molar-refractivity contribution in [3.05, 3.63) is 93.5 Å². The number of carbonyl (C=O) groups excluding carboxylic acids is 2. The zero-order valence-electron chi connectivity index (χ0n) is 24.2. The first kappa shape index (κ1) is 32.4. The molecule has 0 saturated heterocycles. The molecule has 0 fully saturated rings. The van der Waals surface area contributed by atoms with Crippen molar-refractivity contribution >= 4 is 50.7 Å². The number of sulfonamides is 1. The van der Waals surface area contributed by atoms with Crippen LogP contribution < -0.4 is 9.62 Å². The second-order valence-corrected chi connectivity index (χ2v) is 13.4. The Morgan fingerprint density at radius 3 is 2.00 bits per heavy atom. The lowest BCUT2D eigenvalue weighted by Crippen LogP contribution is -2.52.